The van der Waals surface area contributed by atoms with Gasteiger partial charge in [0, 0.05) is 6.07 Å². The molecule has 1 fully saturated rings. The van der Waals surface area contributed by atoms with Crippen molar-refractivity contribution in [2.75, 3.05) is 7.11 Å². The van der Waals surface area contributed by atoms with Gasteiger partial charge in [0.25, 0.3) is 0 Å². The van der Waals surface area contributed by atoms with Gasteiger partial charge in [-0.2, -0.15) is 0 Å². The molecule has 0 unspecified atom stereocenters. The first-order valence-corrected chi connectivity index (χ1v) is 7.10. The van der Waals surface area contributed by atoms with Crippen molar-refractivity contribution in [1.29, 1.82) is 0 Å². The predicted molar refractivity (Wildman–Crippen MR) is 75.3 cm³/mol. The van der Waals surface area contributed by atoms with Crippen LogP contribution < -0.4 is 10.1 Å². The van der Waals surface area contributed by atoms with Gasteiger partial charge in [-0.15, -0.1) is 0 Å². The Bertz CT molecular complexity index is 456. The monoisotopic (exact) mass is 278 g/mol. The minimum atomic E-state index is -0.815. The van der Waals surface area contributed by atoms with Crippen molar-refractivity contribution in [3.8, 4) is 5.88 Å². The molecule has 1 saturated carbocycles. The van der Waals surface area contributed by atoms with Crippen LogP contribution in [0.5, 0.6) is 5.88 Å². The van der Waals surface area contributed by atoms with Crippen molar-refractivity contribution < 1.29 is 14.6 Å². The number of nitrogens with one attached hydrogen (secondary N) is 1. The highest BCUT2D eigenvalue weighted by atomic mass is 16.5. The number of carbonyl (C=O) groups is 1. The summed E-state index contributed by atoms with van der Waals surface area (Å²) in [5.41, 5.74) is -0.0715. The van der Waals surface area contributed by atoms with Gasteiger partial charge in [-0.25, -0.2) is 4.98 Å². The number of nitrogens with zero attached hydrogens (tertiary/aromatic N) is 1. The quantitative estimate of drug-likeness (QED) is 0.861. The smallest absolute Gasteiger partial charge is 0.223 e. The maximum Gasteiger partial charge on any atom is 0.223 e. The van der Waals surface area contributed by atoms with Gasteiger partial charge in [0.05, 0.1) is 31.4 Å². The molecule has 1 heterocycles. The summed E-state index contributed by atoms with van der Waals surface area (Å²) in [5, 5.41) is 13.1. The van der Waals surface area contributed by atoms with Gasteiger partial charge in [0.1, 0.15) is 0 Å². The normalized spacial score (nSPS) is 17.5. The van der Waals surface area contributed by atoms with Crippen molar-refractivity contribution in [1.82, 2.24) is 10.3 Å². The van der Waals surface area contributed by atoms with Gasteiger partial charge in [-0.3, -0.25) is 4.79 Å². The van der Waals surface area contributed by atoms with Crippen LogP contribution in [0, 0.1) is 0 Å². The van der Waals surface area contributed by atoms with Crippen molar-refractivity contribution in [2.45, 2.75) is 50.7 Å². The Morgan fingerprint density at radius 3 is 2.85 bits per heavy atom. The third kappa shape index (κ3) is 4.20. The second-order valence-electron chi connectivity index (χ2n) is 5.41. The lowest BCUT2D eigenvalue weighted by atomic mass is 9.82. The lowest BCUT2D eigenvalue weighted by Gasteiger charge is -2.31. The van der Waals surface area contributed by atoms with E-state index in [2.05, 4.69) is 10.3 Å². The third-order valence-electron chi connectivity index (χ3n) is 3.73. The summed E-state index contributed by atoms with van der Waals surface area (Å²) in [6.07, 6.45) is 4.77. The lowest BCUT2D eigenvalue weighted by Crippen LogP contribution is -2.38. The van der Waals surface area contributed by atoms with Crippen LogP contribution in [0.4, 0.5) is 0 Å². The molecule has 0 aliphatic heterocycles. The highest BCUT2D eigenvalue weighted by Crippen LogP contribution is 2.30. The van der Waals surface area contributed by atoms with Crippen molar-refractivity contribution in [3.63, 3.8) is 0 Å². The van der Waals surface area contributed by atoms with Crippen LogP contribution in [0.25, 0.3) is 0 Å². The zero-order valence-electron chi connectivity index (χ0n) is 11.9. The van der Waals surface area contributed by atoms with Crippen LogP contribution >= 0.6 is 0 Å². The van der Waals surface area contributed by atoms with Gasteiger partial charge < -0.3 is 15.2 Å². The molecule has 5 heteroatoms. The Hall–Kier alpha value is -1.62. The first-order chi connectivity index (χ1) is 9.61. The van der Waals surface area contributed by atoms with E-state index in [0.29, 0.717) is 12.4 Å². The molecule has 110 valence electrons. The molecule has 1 aliphatic carbocycles. The molecule has 1 amide bonds. The summed E-state index contributed by atoms with van der Waals surface area (Å²) in [6, 6.07) is 5.43. The topological polar surface area (TPSA) is 71.5 Å². The van der Waals surface area contributed by atoms with Crippen LogP contribution in [-0.4, -0.2) is 28.7 Å². The fourth-order valence-electron chi connectivity index (χ4n) is 2.61. The van der Waals surface area contributed by atoms with Crippen molar-refractivity contribution in [3.05, 3.63) is 23.9 Å². The Morgan fingerprint density at radius 1 is 1.40 bits per heavy atom. The largest absolute Gasteiger partial charge is 0.481 e. The second kappa shape index (κ2) is 6.70. The maximum absolute atomic E-state index is 11.9. The van der Waals surface area contributed by atoms with E-state index < -0.39 is 5.60 Å². The van der Waals surface area contributed by atoms with Crippen molar-refractivity contribution >= 4 is 5.91 Å². The summed E-state index contributed by atoms with van der Waals surface area (Å²) in [6.45, 7) is 0.353. The van der Waals surface area contributed by atoms with E-state index in [-0.39, 0.29) is 12.3 Å². The molecule has 0 bridgehead atoms. The summed E-state index contributed by atoms with van der Waals surface area (Å²) in [7, 11) is 1.56. The number of ether oxygens (including phenoxy) is 1. The highest BCUT2D eigenvalue weighted by molar-refractivity contribution is 5.76. The van der Waals surface area contributed by atoms with Gasteiger partial charge >= 0.3 is 0 Å². The fraction of sp³-hybridized carbons (Fsp3) is 0.600. The molecule has 5 nitrogen and oxygen atoms in total. The standard InChI is InChI=1S/C15H22N2O3/c1-20-14-7-5-6-12(17-14)11-16-13(18)10-15(19)8-3-2-4-9-15/h5-7,19H,2-4,8-11H2,1H3,(H,16,18). The first kappa shape index (κ1) is 14.8. The number of aromatic nitrogens is 1. The van der Waals surface area contributed by atoms with E-state index in [0.717, 1.165) is 37.8 Å². The molecule has 2 rings (SSSR count). The van der Waals surface area contributed by atoms with E-state index in [4.69, 9.17) is 4.74 Å². The Morgan fingerprint density at radius 2 is 2.15 bits per heavy atom. The maximum atomic E-state index is 11.9. The van der Waals surface area contributed by atoms with Gasteiger partial charge in [0.2, 0.25) is 11.8 Å². The van der Waals surface area contributed by atoms with E-state index in [1.807, 2.05) is 12.1 Å². The third-order valence-corrected chi connectivity index (χ3v) is 3.73. The Kier molecular flexibility index (Phi) is 4.95. The Labute approximate surface area is 119 Å². The minimum Gasteiger partial charge on any atom is -0.481 e. The number of amides is 1. The molecule has 0 aromatic carbocycles. The van der Waals surface area contributed by atoms with E-state index >= 15 is 0 Å². The second-order valence-corrected chi connectivity index (χ2v) is 5.41. The number of rotatable bonds is 5. The number of methoxy groups -OCH3 is 1. The summed E-state index contributed by atoms with van der Waals surface area (Å²) < 4.78 is 5.04. The SMILES string of the molecule is COc1cccc(CNC(=O)CC2(O)CCCCC2)n1. The zero-order chi connectivity index (χ0) is 14.4. The average molecular weight is 278 g/mol. The van der Waals surface area contributed by atoms with E-state index in [1.54, 1.807) is 13.2 Å². The number of carbonyl (C=O) groups excluding carboxylic acids is 1. The molecule has 1 aliphatic rings. The number of hydrogen-bond acceptors (Lipinski definition) is 4. The van der Waals surface area contributed by atoms with E-state index in [9.17, 15) is 9.90 Å². The van der Waals surface area contributed by atoms with Crippen LogP contribution in [-0.2, 0) is 11.3 Å². The zero-order valence-corrected chi connectivity index (χ0v) is 11.9. The Balaban J connectivity index is 1.82. The summed E-state index contributed by atoms with van der Waals surface area (Å²) >= 11 is 0. The van der Waals surface area contributed by atoms with E-state index in [1.165, 1.54) is 0 Å². The van der Waals surface area contributed by atoms with Gasteiger partial charge in [-0.1, -0.05) is 25.3 Å². The molecular formula is C15H22N2O3. The van der Waals surface area contributed by atoms with Crippen molar-refractivity contribution in [2.24, 2.45) is 0 Å². The molecule has 0 atom stereocenters. The predicted octanol–water partition coefficient (Wildman–Crippen LogP) is 1.79. The van der Waals surface area contributed by atoms with Crippen LogP contribution in [0.1, 0.15) is 44.2 Å². The minimum absolute atomic E-state index is 0.126. The molecule has 0 saturated heterocycles. The lowest BCUT2D eigenvalue weighted by molar-refractivity contribution is -0.127. The van der Waals surface area contributed by atoms with Gasteiger partial charge in [0.15, 0.2) is 0 Å². The molecule has 0 radical (unpaired) electrons. The number of hydrogen-bond donors (Lipinski definition) is 2. The first-order valence-electron chi connectivity index (χ1n) is 7.10. The van der Waals surface area contributed by atoms with Crippen LogP contribution in [0.3, 0.4) is 0 Å². The van der Waals surface area contributed by atoms with Crippen LogP contribution in [0.2, 0.25) is 0 Å². The highest BCUT2D eigenvalue weighted by Gasteiger charge is 2.31. The summed E-state index contributed by atoms with van der Waals surface area (Å²) in [5.74, 6) is 0.404. The summed E-state index contributed by atoms with van der Waals surface area (Å²) in [4.78, 5) is 16.1. The number of pyridine rings is 1. The molecule has 1 aromatic heterocycles. The molecule has 2 N–H and O–H groups in total. The number of aliphatic hydroxyl groups is 1. The van der Waals surface area contributed by atoms with Crippen LogP contribution in [0.15, 0.2) is 18.2 Å². The fourth-order valence-corrected chi connectivity index (χ4v) is 2.61. The molecular weight excluding hydrogens is 256 g/mol. The van der Waals surface area contributed by atoms with Gasteiger partial charge in [-0.05, 0) is 18.9 Å². The molecule has 20 heavy (non-hydrogen) atoms. The molecule has 1 aromatic rings. The molecule has 0 spiro atoms. The average Bonchev–Trinajstić information content (AvgIpc) is 2.45.